The highest BCUT2D eigenvalue weighted by atomic mass is 19.1. The fourth-order valence-electron chi connectivity index (χ4n) is 3.44. The minimum Gasteiger partial charge on any atom is -0.365 e. The van der Waals surface area contributed by atoms with E-state index in [0.717, 1.165) is 25.3 Å². The first kappa shape index (κ1) is 21.6. The second kappa shape index (κ2) is 8.87. The molecule has 10 nitrogen and oxygen atoms in total. The van der Waals surface area contributed by atoms with Crippen LogP contribution in [-0.4, -0.2) is 43.0 Å². The molecule has 1 aliphatic carbocycles. The van der Waals surface area contributed by atoms with Crippen molar-refractivity contribution in [3.8, 4) is 5.69 Å². The van der Waals surface area contributed by atoms with E-state index in [1.165, 1.54) is 4.80 Å². The lowest BCUT2D eigenvalue weighted by Gasteiger charge is -2.24. The molecule has 0 bridgehead atoms. The van der Waals surface area contributed by atoms with Gasteiger partial charge in [0, 0.05) is 12.1 Å². The second-order valence-electron chi connectivity index (χ2n) is 8.14. The van der Waals surface area contributed by atoms with Crippen LogP contribution in [0.4, 0.5) is 21.7 Å². The first-order valence-electron chi connectivity index (χ1n) is 10.4. The molecule has 2 atom stereocenters. The number of rotatable bonds is 9. The molecule has 1 aliphatic rings. The number of hydrogen-bond acceptors (Lipinski definition) is 8. The quantitative estimate of drug-likeness (QED) is 0.397. The molecule has 0 saturated heterocycles. The maximum Gasteiger partial charge on any atom is 0.252 e. The number of nitrogens with zero attached hydrogens (tertiary/aromatic N) is 5. The molecular weight excluding hydrogens is 413 g/mol. The molecule has 0 unspecified atom stereocenters. The Kier molecular flexibility index (Phi) is 5.99. The van der Waals surface area contributed by atoms with Gasteiger partial charge in [-0.05, 0) is 38.3 Å². The highest BCUT2D eigenvalue weighted by Gasteiger charge is 2.28. The summed E-state index contributed by atoms with van der Waals surface area (Å²) in [6.45, 7) is 3.70. The van der Waals surface area contributed by atoms with Crippen molar-refractivity contribution in [2.45, 2.75) is 45.2 Å². The van der Waals surface area contributed by atoms with Crippen molar-refractivity contribution in [1.29, 1.82) is 0 Å². The van der Waals surface area contributed by atoms with Crippen molar-refractivity contribution in [3.63, 3.8) is 0 Å². The minimum absolute atomic E-state index is 0.00878. The van der Waals surface area contributed by atoms with E-state index < -0.39 is 11.7 Å². The van der Waals surface area contributed by atoms with E-state index in [-0.39, 0.29) is 29.3 Å². The molecule has 0 aliphatic heterocycles. The number of aromatic nitrogens is 5. The van der Waals surface area contributed by atoms with Gasteiger partial charge in [-0.25, -0.2) is 9.37 Å². The SMILES string of the molecule is Cc1ncc(Nc2nc(N[C@H](CC3CC3)[C@H](C)N)c(F)cc2C(N)=O)cc1-n1nccn1. The summed E-state index contributed by atoms with van der Waals surface area (Å²) in [5.74, 6) is -0.761. The first-order chi connectivity index (χ1) is 15.3. The summed E-state index contributed by atoms with van der Waals surface area (Å²) in [7, 11) is 0. The monoisotopic (exact) mass is 439 g/mol. The van der Waals surface area contributed by atoms with E-state index in [0.29, 0.717) is 23.0 Å². The third kappa shape index (κ3) is 4.83. The second-order valence-corrected chi connectivity index (χ2v) is 8.14. The van der Waals surface area contributed by atoms with Crippen LogP contribution in [0.2, 0.25) is 0 Å². The largest absolute Gasteiger partial charge is 0.365 e. The number of primary amides is 1. The number of amides is 1. The smallest absolute Gasteiger partial charge is 0.252 e. The van der Waals surface area contributed by atoms with Gasteiger partial charge in [0.2, 0.25) is 0 Å². The molecule has 1 amide bonds. The summed E-state index contributed by atoms with van der Waals surface area (Å²) < 4.78 is 14.8. The van der Waals surface area contributed by atoms with Gasteiger partial charge >= 0.3 is 0 Å². The Labute approximate surface area is 184 Å². The van der Waals surface area contributed by atoms with Crippen LogP contribution >= 0.6 is 0 Å². The van der Waals surface area contributed by atoms with Crippen molar-refractivity contribution >= 4 is 23.2 Å². The summed E-state index contributed by atoms with van der Waals surface area (Å²) >= 11 is 0. The zero-order valence-electron chi connectivity index (χ0n) is 17.9. The molecule has 0 spiro atoms. The molecule has 1 saturated carbocycles. The molecule has 3 aromatic rings. The van der Waals surface area contributed by atoms with E-state index in [1.807, 2.05) is 13.8 Å². The molecule has 1 fully saturated rings. The van der Waals surface area contributed by atoms with E-state index in [1.54, 1.807) is 24.7 Å². The van der Waals surface area contributed by atoms with Gasteiger partial charge in [0.25, 0.3) is 5.91 Å². The number of anilines is 3. The number of nitrogens with two attached hydrogens (primary N) is 2. The lowest BCUT2D eigenvalue weighted by atomic mass is 10.0. The average Bonchev–Trinajstić information content (AvgIpc) is 3.40. The van der Waals surface area contributed by atoms with E-state index >= 15 is 0 Å². The van der Waals surface area contributed by atoms with Crippen LogP contribution in [0.5, 0.6) is 0 Å². The van der Waals surface area contributed by atoms with Gasteiger partial charge in [0.05, 0.1) is 35.5 Å². The Bertz CT molecular complexity index is 1110. The molecular formula is C21H26FN9O. The van der Waals surface area contributed by atoms with E-state index in [4.69, 9.17) is 11.5 Å². The van der Waals surface area contributed by atoms with Crippen LogP contribution in [0.15, 0.2) is 30.7 Å². The molecule has 0 radical (unpaired) electrons. The molecule has 6 N–H and O–H groups in total. The Morgan fingerprint density at radius 2 is 2.00 bits per heavy atom. The van der Waals surface area contributed by atoms with Gasteiger partial charge < -0.3 is 22.1 Å². The van der Waals surface area contributed by atoms with Gasteiger partial charge in [0.15, 0.2) is 11.6 Å². The normalized spacial score (nSPS) is 15.2. The van der Waals surface area contributed by atoms with Crippen molar-refractivity contribution < 1.29 is 9.18 Å². The van der Waals surface area contributed by atoms with Gasteiger partial charge in [-0.3, -0.25) is 9.78 Å². The third-order valence-corrected chi connectivity index (χ3v) is 5.44. The average molecular weight is 439 g/mol. The number of hydrogen-bond donors (Lipinski definition) is 4. The number of nitrogens with one attached hydrogen (secondary N) is 2. The van der Waals surface area contributed by atoms with Crippen LogP contribution in [0.25, 0.3) is 5.69 Å². The predicted molar refractivity (Wildman–Crippen MR) is 118 cm³/mol. The summed E-state index contributed by atoms with van der Waals surface area (Å²) in [5, 5.41) is 14.4. The van der Waals surface area contributed by atoms with Gasteiger partial charge in [-0.1, -0.05) is 12.8 Å². The Hall–Kier alpha value is -3.60. The lowest BCUT2D eigenvalue weighted by Crippen LogP contribution is -2.39. The van der Waals surface area contributed by atoms with Crippen LogP contribution in [0.3, 0.4) is 0 Å². The zero-order chi connectivity index (χ0) is 22.8. The number of carbonyl (C=O) groups excluding carboxylic acids is 1. The molecule has 11 heteroatoms. The number of aryl methyl sites for hydroxylation is 1. The van der Waals surface area contributed by atoms with Crippen LogP contribution in [-0.2, 0) is 0 Å². The summed E-state index contributed by atoms with van der Waals surface area (Å²) in [6.07, 6.45) is 7.83. The zero-order valence-corrected chi connectivity index (χ0v) is 17.9. The summed E-state index contributed by atoms with van der Waals surface area (Å²) in [6, 6.07) is 2.49. The topological polar surface area (TPSA) is 150 Å². The number of pyridine rings is 2. The van der Waals surface area contributed by atoms with Crippen LogP contribution in [0, 0.1) is 18.7 Å². The maximum absolute atomic E-state index is 14.8. The fourth-order valence-corrected chi connectivity index (χ4v) is 3.44. The van der Waals surface area contributed by atoms with Crippen molar-refractivity contribution in [1.82, 2.24) is 25.0 Å². The fraction of sp³-hybridized carbons (Fsp3) is 0.381. The maximum atomic E-state index is 14.8. The Morgan fingerprint density at radius 1 is 1.28 bits per heavy atom. The first-order valence-corrected chi connectivity index (χ1v) is 10.4. The number of halogens is 1. The van der Waals surface area contributed by atoms with Gasteiger partial charge in [-0.15, -0.1) is 4.80 Å². The van der Waals surface area contributed by atoms with Gasteiger partial charge in [0.1, 0.15) is 11.5 Å². The molecule has 3 heterocycles. The van der Waals surface area contributed by atoms with Crippen molar-refractivity contribution in [2.24, 2.45) is 17.4 Å². The van der Waals surface area contributed by atoms with Crippen LogP contribution in [0.1, 0.15) is 42.2 Å². The minimum atomic E-state index is -0.804. The Morgan fingerprint density at radius 3 is 2.62 bits per heavy atom. The van der Waals surface area contributed by atoms with Crippen LogP contribution < -0.4 is 22.1 Å². The summed E-state index contributed by atoms with van der Waals surface area (Å²) in [5.41, 5.74) is 13.4. The predicted octanol–water partition coefficient (Wildman–Crippen LogP) is 2.28. The molecule has 4 rings (SSSR count). The number of carbonyl (C=O) groups is 1. The highest BCUT2D eigenvalue weighted by molar-refractivity contribution is 5.98. The highest BCUT2D eigenvalue weighted by Crippen LogP contribution is 2.35. The van der Waals surface area contributed by atoms with E-state index in [2.05, 4.69) is 30.8 Å². The third-order valence-electron chi connectivity index (χ3n) is 5.44. The molecule has 3 aromatic heterocycles. The lowest BCUT2D eigenvalue weighted by molar-refractivity contribution is 0.100. The van der Waals surface area contributed by atoms with Crippen molar-refractivity contribution in [3.05, 3.63) is 47.8 Å². The molecule has 168 valence electrons. The van der Waals surface area contributed by atoms with Gasteiger partial charge in [-0.2, -0.15) is 10.2 Å². The standard InChI is InChI=1S/C21H26FN9O/c1-11(23)17(7-13-3-4-13)29-21-16(22)9-15(19(24)32)20(30-21)28-14-8-18(12(2)25-10-14)31-26-5-6-27-31/h5-6,8-11,13,17H,3-4,7,23H2,1-2H3,(H2,24,32)(H2,28,29,30)/t11-,17+/m0/s1. The molecule has 0 aromatic carbocycles. The Balaban J connectivity index is 1.66. The van der Waals surface area contributed by atoms with E-state index in [9.17, 15) is 9.18 Å². The molecule has 32 heavy (non-hydrogen) atoms. The summed E-state index contributed by atoms with van der Waals surface area (Å²) in [4.78, 5) is 22.1. The van der Waals surface area contributed by atoms with Crippen molar-refractivity contribution in [2.75, 3.05) is 10.6 Å².